The molecule has 0 saturated carbocycles. The number of carbonyl (C=O) groups is 1. The number of hydrogen-bond donors (Lipinski definition) is 0. The van der Waals surface area contributed by atoms with Gasteiger partial charge in [-0.15, -0.1) is 11.3 Å². The molecule has 31 heavy (non-hydrogen) atoms. The Hall–Kier alpha value is -3.26. The highest BCUT2D eigenvalue weighted by molar-refractivity contribution is 7.18. The van der Waals surface area contributed by atoms with E-state index < -0.39 is 17.5 Å². The number of hydrogen-bond acceptors (Lipinski definition) is 5. The SMILES string of the molecule is CCOC(=O)Cc1cc(Cc2nc3c(F)c(F)cc(F)c3s2)cnc1-c1ccccc1. The number of esters is 1. The number of nitrogens with zero attached hydrogens (tertiary/aromatic N) is 2. The molecular formula is C23H17F3N2O2S. The van der Waals surface area contributed by atoms with E-state index in [2.05, 4.69) is 9.97 Å². The van der Waals surface area contributed by atoms with E-state index in [9.17, 15) is 18.0 Å². The van der Waals surface area contributed by atoms with Gasteiger partial charge in [-0.25, -0.2) is 18.2 Å². The van der Waals surface area contributed by atoms with Crippen molar-refractivity contribution in [3.05, 3.63) is 82.2 Å². The Kier molecular flexibility index (Phi) is 5.99. The lowest BCUT2D eigenvalue weighted by atomic mass is 10.0. The quantitative estimate of drug-likeness (QED) is 0.293. The summed E-state index contributed by atoms with van der Waals surface area (Å²) < 4.78 is 46.5. The summed E-state index contributed by atoms with van der Waals surface area (Å²) in [4.78, 5) is 20.7. The number of pyridine rings is 1. The molecule has 4 aromatic rings. The zero-order valence-corrected chi connectivity index (χ0v) is 17.3. The number of halogens is 3. The van der Waals surface area contributed by atoms with Crippen LogP contribution in [-0.4, -0.2) is 22.5 Å². The van der Waals surface area contributed by atoms with Gasteiger partial charge in [0.1, 0.15) is 11.3 Å². The highest BCUT2D eigenvalue weighted by Crippen LogP contribution is 2.30. The van der Waals surface area contributed by atoms with Crippen LogP contribution >= 0.6 is 11.3 Å². The molecule has 2 heterocycles. The Morgan fingerprint density at radius 3 is 2.61 bits per heavy atom. The minimum atomic E-state index is -1.27. The zero-order valence-electron chi connectivity index (χ0n) is 16.5. The van der Waals surface area contributed by atoms with Crippen molar-refractivity contribution in [3.63, 3.8) is 0 Å². The van der Waals surface area contributed by atoms with Gasteiger partial charge in [-0.1, -0.05) is 36.4 Å². The molecule has 0 aliphatic heterocycles. The van der Waals surface area contributed by atoms with E-state index in [4.69, 9.17) is 4.74 Å². The first kappa shape index (κ1) is 21.0. The van der Waals surface area contributed by atoms with Gasteiger partial charge in [-0.2, -0.15) is 0 Å². The first-order valence-corrected chi connectivity index (χ1v) is 10.4. The third kappa shape index (κ3) is 4.44. The van der Waals surface area contributed by atoms with Crippen LogP contribution in [0.25, 0.3) is 21.5 Å². The largest absolute Gasteiger partial charge is 0.466 e. The van der Waals surface area contributed by atoms with Crippen LogP contribution in [0.2, 0.25) is 0 Å². The number of carbonyl (C=O) groups excluding carboxylic acids is 1. The lowest BCUT2D eigenvalue weighted by Crippen LogP contribution is -2.09. The molecule has 4 rings (SSSR count). The van der Waals surface area contributed by atoms with Crippen LogP contribution in [0.15, 0.2) is 48.7 Å². The normalized spacial score (nSPS) is 11.1. The number of rotatable bonds is 6. The third-order valence-corrected chi connectivity index (χ3v) is 5.69. The van der Waals surface area contributed by atoms with Crippen molar-refractivity contribution in [1.82, 2.24) is 9.97 Å². The van der Waals surface area contributed by atoms with Crippen molar-refractivity contribution in [3.8, 4) is 11.3 Å². The molecule has 0 N–H and O–H groups in total. The average molecular weight is 442 g/mol. The van der Waals surface area contributed by atoms with Gasteiger partial charge in [-0.05, 0) is 18.1 Å². The van der Waals surface area contributed by atoms with Gasteiger partial charge in [0.05, 0.1) is 28.4 Å². The summed E-state index contributed by atoms with van der Waals surface area (Å²) in [7, 11) is 0. The van der Waals surface area contributed by atoms with E-state index in [-0.39, 0.29) is 35.6 Å². The summed E-state index contributed by atoms with van der Waals surface area (Å²) in [6.07, 6.45) is 1.90. The van der Waals surface area contributed by atoms with E-state index in [0.29, 0.717) is 27.9 Å². The van der Waals surface area contributed by atoms with E-state index in [0.717, 1.165) is 16.9 Å². The maximum Gasteiger partial charge on any atom is 0.310 e. The van der Waals surface area contributed by atoms with Crippen LogP contribution in [0.1, 0.15) is 23.1 Å². The van der Waals surface area contributed by atoms with Crippen molar-refractivity contribution in [2.75, 3.05) is 6.61 Å². The van der Waals surface area contributed by atoms with Gasteiger partial charge in [-0.3, -0.25) is 9.78 Å². The second-order valence-electron chi connectivity index (χ2n) is 6.82. The minimum Gasteiger partial charge on any atom is -0.466 e. The van der Waals surface area contributed by atoms with Gasteiger partial charge >= 0.3 is 5.97 Å². The summed E-state index contributed by atoms with van der Waals surface area (Å²) in [5.41, 5.74) is 2.57. The first-order chi connectivity index (χ1) is 15.0. The Morgan fingerprint density at radius 2 is 1.87 bits per heavy atom. The summed E-state index contributed by atoms with van der Waals surface area (Å²) in [5, 5.41) is 0.412. The summed E-state index contributed by atoms with van der Waals surface area (Å²) in [6.45, 7) is 2.00. The number of benzene rings is 2. The molecule has 0 fully saturated rings. The van der Waals surface area contributed by atoms with Crippen LogP contribution in [0.3, 0.4) is 0 Å². The van der Waals surface area contributed by atoms with Crippen LogP contribution in [0.5, 0.6) is 0 Å². The van der Waals surface area contributed by atoms with E-state index in [1.165, 1.54) is 0 Å². The van der Waals surface area contributed by atoms with Crippen LogP contribution in [0, 0.1) is 17.5 Å². The summed E-state index contributed by atoms with van der Waals surface area (Å²) in [6, 6.07) is 11.8. The third-order valence-electron chi connectivity index (χ3n) is 4.63. The Bertz CT molecular complexity index is 1260. The molecule has 0 unspecified atom stereocenters. The highest BCUT2D eigenvalue weighted by Gasteiger charge is 2.18. The predicted molar refractivity (Wildman–Crippen MR) is 112 cm³/mol. The molecule has 0 saturated heterocycles. The number of aromatic nitrogens is 2. The fourth-order valence-electron chi connectivity index (χ4n) is 3.29. The highest BCUT2D eigenvalue weighted by atomic mass is 32.1. The van der Waals surface area contributed by atoms with Crippen LogP contribution in [-0.2, 0) is 22.4 Å². The van der Waals surface area contributed by atoms with Crippen molar-refractivity contribution in [1.29, 1.82) is 0 Å². The monoisotopic (exact) mass is 442 g/mol. The van der Waals surface area contributed by atoms with E-state index in [1.807, 2.05) is 36.4 Å². The Morgan fingerprint density at radius 1 is 1.10 bits per heavy atom. The summed E-state index contributed by atoms with van der Waals surface area (Å²) >= 11 is 0.958. The molecular weight excluding hydrogens is 425 g/mol. The molecule has 0 aliphatic rings. The van der Waals surface area contributed by atoms with E-state index >= 15 is 0 Å². The number of fused-ring (bicyclic) bond motifs is 1. The average Bonchev–Trinajstić information content (AvgIpc) is 3.18. The lowest BCUT2D eigenvalue weighted by molar-refractivity contribution is -0.142. The van der Waals surface area contributed by atoms with E-state index in [1.54, 1.807) is 13.1 Å². The van der Waals surface area contributed by atoms with Gasteiger partial charge in [0, 0.05) is 24.2 Å². The topological polar surface area (TPSA) is 52.1 Å². The molecule has 158 valence electrons. The maximum atomic E-state index is 14.0. The van der Waals surface area contributed by atoms with Crippen molar-refractivity contribution in [2.24, 2.45) is 0 Å². The standard InChI is InChI=1S/C23H17F3N2O2S/c1-2-30-19(29)10-15-8-13(12-27-21(15)14-6-4-3-5-7-14)9-18-28-22-20(26)16(24)11-17(25)23(22)31-18/h3-8,11-12H,2,9-10H2,1H3. The maximum absolute atomic E-state index is 14.0. The predicted octanol–water partition coefficient (Wildman–Crippen LogP) is 5.47. The Labute approximate surface area is 180 Å². The van der Waals surface area contributed by atoms with Crippen molar-refractivity contribution >= 4 is 27.5 Å². The fraction of sp³-hybridized carbons (Fsp3) is 0.174. The molecule has 0 bridgehead atoms. The second kappa shape index (κ2) is 8.85. The van der Waals surface area contributed by atoms with Gasteiger partial charge in [0.2, 0.25) is 0 Å². The molecule has 2 aromatic heterocycles. The van der Waals surface area contributed by atoms with Crippen molar-refractivity contribution in [2.45, 2.75) is 19.8 Å². The van der Waals surface area contributed by atoms with Crippen LogP contribution < -0.4 is 0 Å². The molecule has 0 radical (unpaired) electrons. The molecule has 0 spiro atoms. The van der Waals surface area contributed by atoms with Gasteiger partial charge in [0.25, 0.3) is 0 Å². The molecule has 0 amide bonds. The Balaban J connectivity index is 1.70. The van der Waals surface area contributed by atoms with Gasteiger partial charge in [0.15, 0.2) is 11.6 Å². The molecule has 8 heteroatoms. The number of ether oxygens (including phenoxy) is 1. The molecule has 0 aliphatic carbocycles. The van der Waals surface area contributed by atoms with Crippen LogP contribution in [0.4, 0.5) is 13.2 Å². The lowest BCUT2D eigenvalue weighted by Gasteiger charge is -2.11. The zero-order chi connectivity index (χ0) is 22.0. The van der Waals surface area contributed by atoms with Crippen molar-refractivity contribution < 1.29 is 22.7 Å². The summed E-state index contributed by atoms with van der Waals surface area (Å²) in [5.74, 6) is -3.66. The molecule has 2 aromatic carbocycles. The molecule has 0 atom stereocenters. The minimum absolute atomic E-state index is 0.0329. The second-order valence-corrected chi connectivity index (χ2v) is 7.90. The van der Waals surface area contributed by atoms with Gasteiger partial charge < -0.3 is 4.74 Å². The smallest absolute Gasteiger partial charge is 0.310 e. The fourth-order valence-corrected chi connectivity index (χ4v) is 4.29. The molecule has 4 nitrogen and oxygen atoms in total. The first-order valence-electron chi connectivity index (χ1n) is 9.58. The number of thiazole rings is 1.